The van der Waals surface area contributed by atoms with Crippen molar-refractivity contribution in [1.29, 1.82) is 0 Å². The van der Waals surface area contributed by atoms with E-state index in [0.717, 1.165) is 19.5 Å². The van der Waals surface area contributed by atoms with Crippen molar-refractivity contribution in [3.63, 3.8) is 0 Å². The van der Waals surface area contributed by atoms with Gasteiger partial charge in [0, 0.05) is 18.0 Å². The molecule has 1 aliphatic heterocycles. The van der Waals surface area contributed by atoms with Crippen LogP contribution in [-0.2, 0) is 22.6 Å². The number of hydrogen-bond donors (Lipinski definition) is 1. The van der Waals surface area contributed by atoms with E-state index in [2.05, 4.69) is 21.8 Å². The maximum Gasteiger partial charge on any atom is 0.239 e. The minimum atomic E-state index is 0.0914. The SMILES string of the molecule is CONCC(=O)N1CCc2sccc2C1. The van der Waals surface area contributed by atoms with Gasteiger partial charge >= 0.3 is 0 Å². The molecule has 5 heteroatoms. The average Bonchev–Trinajstić information content (AvgIpc) is 2.72. The minimum Gasteiger partial charge on any atom is -0.337 e. The number of rotatable bonds is 3. The molecule has 1 amide bonds. The summed E-state index contributed by atoms with van der Waals surface area (Å²) in [6.07, 6.45) is 0.978. The molecular weight excluding hydrogens is 212 g/mol. The topological polar surface area (TPSA) is 41.6 Å². The summed E-state index contributed by atoms with van der Waals surface area (Å²) >= 11 is 1.78. The van der Waals surface area contributed by atoms with Crippen molar-refractivity contribution >= 4 is 17.2 Å². The molecule has 1 aliphatic rings. The number of carbonyl (C=O) groups excluding carboxylic acids is 1. The lowest BCUT2D eigenvalue weighted by Crippen LogP contribution is -2.40. The summed E-state index contributed by atoms with van der Waals surface area (Å²) in [4.78, 5) is 19.6. The predicted molar refractivity (Wildman–Crippen MR) is 58.5 cm³/mol. The van der Waals surface area contributed by atoms with Crippen LogP contribution in [0.4, 0.5) is 0 Å². The van der Waals surface area contributed by atoms with E-state index < -0.39 is 0 Å². The van der Waals surface area contributed by atoms with Crippen LogP contribution >= 0.6 is 11.3 Å². The lowest BCUT2D eigenvalue weighted by atomic mass is 10.1. The van der Waals surface area contributed by atoms with Crippen LogP contribution < -0.4 is 5.48 Å². The third kappa shape index (κ3) is 2.37. The molecule has 4 nitrogen and oxygen atoms in total. The Balaban J connectivity index is 1.94. The lowest BCUT2D eigenvalue weighted by molar-refractivity contribution is -0.133. The highest BCUT2D eigenvalue weighted by Gasteiger charge is 2.20. The van der Waals surface area contributed by atoms with E-state index in [1.54, 1.807) is 11.3 Å². The fraction of sp³-hybridized carbons (Fsp3) is 0.500. The molecule has 0 spiro atoms. The second-order valence-corrected chi connectivity index (χ2v) is 4.46. The number of carbonyl (C=O) groups is 1. The number of hydrogen-bond acceptors (Lipinski definition) is 4. The van der Waals surface area contributed by atoms with Gasteiger partial charge < -0.3 is 9.74 Å². The van der Waals surface area contributed by atoms with Gasteiger partial charge in [-0.2, -0.15) is 5.48 Å². The van der Waals surface area contributed by atoms with E-state index >= 15 is 0 Å². The first-order valence-corrected chi connectivity index (χ1v) is 5.78. The molecule has 0 bridgehead atoms. The Hall–Kier alpha value is -0.910. The Morgan fingerprint density at radius 3 is 3.40 bits per heavy atom. The van der Waals surface area contributed by atoms with Gasteiger partial charge in [-0.05, 0) is 23.4 Å². The van der Waals surface area contributed by atoms with E-state index in [1.165, 1.54) is 17.6 Å². The first-order chi connectivity index (χ1) is 7.31. The Bertz CT molecular complexity index is 351. The third-order valence-corrected chi connectivity index (χ3v) is 3.55. The number of thiophene rings is 1. The molecule has 15 heavy (non-hydrogen) atoms. The van der Waals surface area contributed by atoms with E-state index in [0.29, 0.717) is 0 Å². The molecule has 0 saturated carbocycles. The molecule has 0 aliphatic carbocycles. The van der Waals surface area contributed by atoms with Crippen molar-refractivity contribution in [3.05, 3.63) is 21.9 Å². The summed E-state index contributed by atoms with van der Waals surface area (Å²) in [6, 6.07) is 2.10. The zero-order valence-electron chi connectivity index (χ0n) is 8.66. The van der Waals surface area contributed by atoms with Crippen LogP contribution in [0.2, 0.25) is 0 Å². The van der Waals surface area contributed by atoms with Gasteiger partial charge in [0.05, 0.1) is 7.11 Å². The zero-order chi connectivity index (χ0) is 10.7. The van der Waals surface area contributed by atoms with Crippen LogP contribution in [0.3, 0.4) is 0 Å². The van der Waals surface area contributed by atoms with Crippen LogP contribution in [0.5, 0.6) is 0 Å². The minimum absolute atomic E-state index is 0.0914. The van der Waals surface area contributed by atoms with Crippen molar-refractivity contribution in [2.45, 2.75) is 13.0 Å². The van der Waals surface area contributed by atoms with Gasteiger partial charge in [-0.15, -0.1) is 11.3 Å². The lowest BCUT2D eigenvalue weighted by Gasteiger charge is -2.26. The molecule has 0 radical (unpaired) electrons. The summed E-state index contributed by atoms with van der Waals surface area (Å²) in [5.74, 6) is 0.0914. The first-order valence-electron chi connectivity index (χ1n) is 4.90. The van der Waals surface area contributed by atoms with Gasteiger partial charge in [0.25, 0.3) is 0 Å². The average molecular weight is 226 g/mol. The Morgan fingerprint density at radius 1 is 1.73 bits per heavy atom. The summed E-state index contributed by atoms with van der Waals surface area (Å²) in [7, 11) is 1.51. The molecule has 1 aromatic rings. The molecule has 0 aromatic carbocycles. The van der Waals surface area contributed by atoms with Crippen LogP contribution in [0.15, 0.2) is 11.4 Å². The molecule has 0 fully saturated rings. The second kappa shape index (κ2) is 4.74. The fourth-order valence-electron chi connectivity index (χ4n) is 1.71. The Morgan fingerprint density at radius 2 is 2.60 bits per heavy atom. The van der Waals surface area contributed by atoms with Gasteiger partial charge in [0.2, 0.25) is 5.91 Å². The number of amides is 1. The van der Waals surface area contributed by atoms with Crippen molar-refractivity contribution in [2.24, 2.45) is 0 Å². The zero-order valence-corrected chi connectivity index (χ0v) is 9.47. The maximum atomic E-state index is 11.7. The van der Waals surface area contributed by atoms with Crippen LogP contribution in [0, 0.1) is 0 Å². The monoisotopic (exact) mass is 226 g/mol. The molecule has 82 valence electrons. The highest BCUT2D eigenvalue weighted by molar-refractivity contribution is 7.10. The van der Waals surface area contributed by atoms with Crippen molar-refractivity contribution in [2.75, 3.05) is 20.2 Å². The van der Waals surface area contributed by atoms with Gasteiger partial charge in [-0.25, -0.2) is 0 Å². The number of fused-ring (bicyclic) bond motifs is 1. The van der Waals surface area contributed by atoms with E-state index in [1.807, 2.05) is 4.90 Å². The second-order valence-electron chi connectivity index (χ2n) is 3.46. The van der Waals surface area contributed by atoms with Crippen molar-refractivity contribution in [3.8, 4) is 0 Å². The molecule has 2 rings (SSSR count). The van der Waals surface area contributed by atoms with Gasteiger partial charge in [-0.3, -0.25) is 4.79 Å². The smallest absolute Gasteiger partial charge is 0.239 e. The molecule has 0 atom stereocenters. The van der Waals surface area contributed by atoms with Crippen LogP contribution in [-0.4, -0.2) is 31.0 Å². The predicted octanol–water partition coefficient (Wildman–Crippen LogP) is 0.784. The number of nitrogens with zero attached hydrogens (tertiary/aromatic N) is 1. The molecule has 2 heterocycles. The first kappa shape index (κ1) is 10.6. The van der Waals surface area contributed by atoms with Gasteiger partial charge in [-0.1, -0.05) is 0 Å². The van der Waals surface area contributed by atoms with E-state index in [9.17, 15) is 4.79 Å². The van der Waals surface area contributed by atoms with Gasteiger partial charge in [0.15, 0.2) is 0 Å². The maximum absolute atomic E-state index is 11.7. The third-order valence-electron chi connectivity index (χ3n) is 2.53. The van der Waals surface area contributed by atoms with Crippen LogP contribution in [0.1, 0.15) is 10.4 Å². The van der Waals surface area contributed by atoms with E-state index in [4.69, 9.17) is 0 Å². The number of nitrogens with one attached hydrogen (secondary N) is 1. The molecule has 1 aromatic heterocycles. The Kier molecular flexibility index (Phi) is 3.35. The summed E-state index contributed by atoms with van der Waals surface area (Å²) in [6.45, 7) is 1.80. The highest BCUT2D eigenvalue weighted by atomic mass is 32.1. The van der Waals surface area contributed by atoms with Crippen molar-refractivity contribution in [1.82, 2.24) is 10.4 Å². The summed E-state index contributed by atoms with van der Waals surface area (Å²) < 4.78 is 0. The quantitative estimate of drug-likeness (QED) is 0.775. The molecular formula is C10H14N2O2S. The molecule has 0 unspecified atom stereocenters. The largest absolute Gasteiger partial charge is 0.337 e. The van der Waals surface area contributed by atoms with Crippen molar-refractivity contribution < 1.29 is 9.63 Å². The number of hydroxylamine groups is 1. The summed E-state index contributed by atoms with van der Waals surface area (Å²) in [5.41, 5.74) is 3.86. The Labute approximate surface area is 92.8 Å². The summed E-state index contributed by atoms with van der Waals surface area (Å²) in [5, 5.41) is 2.09. The molecule has 1 N–H and O–H groups in total. The molecule has 0 saturated heterocycles. The highest BCUT2D eigenvalue weighted by Crippen LogP contribution is 2.23. The normalized spacial score (nSPS) is 15.1. The van der Waals surface area contributed by atoms with E-state index in [-0.39, 0.29) is 12.5 Å². The van der Waals surface area contributed by atoms with Crippen LogP contribution in [0.25, 0.3) is 0 Å². The standard InChI is InChI=1S/C10H14N2O2S/c1-14-11-6-10(13)12-4-2-9-8(7-12)3-5-15-9/h3,5,11H,2,4,6-7H2,1H3. The fourth-order valence-corrected chi connectivity index (χ4v) is 2.60. The van der Waals surface area contributed by atoms with Gasteiger partial charge in [0.1, 0.15) is 6.54 Å².